The maximum absolute atomic E-state index is 13.5. The molecule has 0 saturated heterocycles. The van der Waals surface area contributed by atoms with E-state index in [9.17, 15) is 9.18 Å². The number of nitrogens with one attached hydrogen (secondary N) is 1. The van der Waals surface area contributed by atoms with E-state index in [2.05, 4.69) is 29.1 Å². The molecule has 8 nitrogen and oxygen atoms in total. The molecule has 4 aromatic rings. The Labute approximate surface area is 228 Å². The summed E-state index contributed by atoms with van der Waals surface area (Å²) >= 11 is 0. The molecule has 1 aliphatic heterocycles. The van der Waals surface area contributed by atoms with Crippen LogP contribution in [0.1, 0.15) is 36.2 Å². The first-order chi connectivity index (χ1) is 18.9. The highest BCUT2D eigenvalue weighted by Gasteiger charge is 2.28. The molecular formula is C30H34FN7O. The van der Waals surface area contributed by atoms with E-state index in [0.29, 0.717) is 42.5 Å². The lowest BCUT2D eigenvalue weighted by molar-refractivity contribution is 0.112. The Bertz CT molecular complexity index is 1420. The highest BCUT2D eigenvalue weighted by Crippen LogP contribution is 2.31. The topological polar surface area (TPSA) is 78.7 Å². The van der Waals surface area contributed by atoms with E-state index in [1.807, 2.05) is 78.5 Å². The fourth-order valence-electron chi connectivity index (χ4n) is 4.22. The number of rotatable bonds is 7. The van der Waals surface area contributed by atoms with Crippen molar-refractivity contribution in [1.29, 1.82) is 0 Å². The summed E-state index contributed by atoms with van der Waals surface area (Å²) in [6.45, 7) is 5.95. The van der Waals surface area contributed by atoms with Crippen molar-refractivity contribution < 1.29 is 9.18 Å². The maximum Gasteiger partial charge on any atom is 0.213 e. The zero-order chi connectivity index (χ0) is 27.8. The third-order valence-corrected chi connectivity index (χ3v) is 5.90. The molecule has 9 heteroatoms. The van der Waals surface area contributed by atoms with Gasteiger partial charge in [0.1, 0.15) is 11.4 Å². The minimum atomic E-state index is -0.513. The highest BCUT2D eigenvalue weighted by atomic mass is 19.1. The van der Waals surface area contributed by atoms with Crippen molar-refractivity contribution in [1.82, 2.24) is 19.7 Å². The van der Waals surface area contributed by atoms with Crippen molar-refractivity contribution in [2.45, 2.75) is 26.8 Å². The van der Waals surface area contributed by atoms with E-state index in [1.165, 1.54) is 12.5 Å². The van der Waals surface area contributed by atoms with Crippen molar-refractivity contribution in [2.75, 3.05) is 37.4 Å². The van der Waals surface area contributed by atoms with Gasteiger partial charge in [0.25, 0.3) is 0 Å². The SMILES string of the molecule is CCC.CN(C)C1=NCCN1c1nn(Cc2ccc(-c3cccc(F)n3)cc2)c(Nc2ccccc2)c1C=O. The second-order valence-electron chi connectivity index (χ2n) is 9.33. The van der Waals surface area contributed by atoms with Crippen LogP contribution in [0.4, 0.5) is 21.7 Å². The first-order valence-electron chi connectivity index (χ1n) is 13.0. The number of aliphatic imine (C=N–C) groups is 1. The molecule has 2 aromatic heterocycles. The largest absolute Gasteiger partial charge is 0.349 e. The van der Waals surface area contributed by atoms with Crippen molar-refractivity contribution in [3.8, 4) is 11.3 Å². The van der Waals surface area contributed by atoms with Crippen molar-refractivity contribution in [3.05, 3.63) is 89.9 Å². The van der Waals surface area contributed by atoms with Gasteiger partial charge in [-0.25, -0.2) is 9.67 Å². The molecule has 2 aromatic carbocycles. The number of hydrogen-bond acceptors (Lipinski definition) is 7. The van der Waals surface area contributed by atoms with E-state index < -0.39 is 5.95 Å². The first kappa shape index (κ1) is 27.5. The van der Waals surface area contributed by atoms with Crippen LogP contribution in [0.5, 0.6) is 0 Å². The third kappa shape index (κ3) is 6.49. The predicted molar refractivity (Wildman–Crippen MR) is 155 cm³/mol. The maximum atomic E-state index is 13.5. The normalized spacial score (nSPS) is 12.4. The number of hydrogen-bond donors (Lipinski definition) is 1. The Morgan fingerprint density at radius 1 is 1.00 bits per heavy atom. The van der Waals surface area contributed by atoms with E-state index in [-0.39, 0.29) is 0 Å². The Balaban J connectivity index is 0.00000112. The van der Waals surface area contributed by atoms with Gasteiger partial charge in [-0.05, 0) is 29.8 Å². The fourth-order valence-corrected chi connectivity index (χ4v) is 4.22. The summed E-state index contributed by atoms with van der Waals surface area (Å²) in [5.41, 5.74) is 3.68. The number of pyridine rings is 1. The standard InChI is InChI=1S/C27H26FN7O.C3H8/c1-33(2)27-29-15-16-34(27)26-22(18-36)25(30-21-7-4-3-5-8-21)35(32-26)17-19-11-13-20(14-12-19)23-9-6-10-24(28)31-23;1-3-2/h3-14,18,30H,15-17H2,1-2H3;3H2,1-2H3. The van der Waals surface area contributed by atoms with Crippen LogP contribution in [0, 0.1) is 5.95 Å². The minimum absolute atomic E-state index is 0.426. The highest BCUT2D eigenvalue weighted by molar-refractivity contribution is 6.02. The van der Waals surface area contributed by atoms with Gasteiger partial charge in [0, 0.05) is 31.9 Å². The fraction of sp³-hybridized carbons (Fsp3) is 0.267. The number of anilines is 3. The molecule has 39 heavy (non-hydrogen) atoms. The molecule has 202 valence electrons. The smallest absolute Gasteiger partial charge is 0.213 e. The molecule has 0 unspecified atom stereocenters. The van der Waals surface area contributed by atoms with Gasteiger partial charge < -0.3 is 10.2 Å². The van der Waals surface area contributed by atoms with Gasteiger partial charge in [0.05, 0.1) is 18.8 Å². The molecule has 0 fully saturated rings. The molecule has 0 aliphatic carbocycles. The number of benzene rings is 2. The van der Waals surface area contributed by atoms with E-state index in [0.717, 1.165) is 29.1 Å². The van der Waals surface area contributed by atoms with Crippen LogP contribution in [-0.2, 0) is 6.54 Å². The molecule has 0 saturated carbocycles. The van der Waals surface area contributed by atoms with Gasteiger partial charge in [-0.3, -0.25) is 14.7 Å². The molecular weight excluding hydrogens is 493 g/mol. The number of nitrogens with zero attached hydrogens (tertiary/aromatic N) is 6. The predicted octanol–water partition coefficient (Wildman–Crippen LogP) is 5.84. The van der Waals surface area contributed by atoms with E-state index in [1.54, 1.807) is 16.8 Å². The monoisotopic (exact) mass is 527 g/mol. The summed E-state index contributed by atoms with van der Waals surface area (Å²) in [4.78, 5) is 24.8. The van der Waals surface area contributed by atoms with Crippen molar-refractivity contribution in [2.24, 2.45) is 4.99 Å². The number of guanidine groups is 1. The Morgan fingerprint density at radius 2 is 1.72 bits per heavy atom. The van der Waals surface area contributed by atoms with Gasteiger partial charge in [-0.1, -0.05) is 68.8 Å². The van der Waals surface area contributed by atoms with Crippen LogP contribution in [0.15, 0.2) is 77.8 Å². The summed E-state index contributed by atoms with van der Waals surface area (Å²) in [5, 5.41) is 8.24. The number of para-hydroxylation sites is 1. The molecule has 1 N–H and O–H groups in total. The van der Waals surface area contributed by atoms with E-state index >= 15 is 0 Å². The number of aldehydes is 1. The van der Waals surface area contributed by atoms with Crippen molar-refractivity contribution >= 4 is 29.6 Å². The summed E-state index contributed by atoms with van der Waals surface area (Å²) < 4.78 is 15.3. The summed E-state index contributed by atoms with van der Waals surface area (Å²) in [6, 6.07) is 22.1. The molecule has 5 rings (SSSR count). The number of carbonyl (C=O) groups is 1. The quantitative estimate of drug-likeness (QED) is 0.240. The molecule has 0 atom stereocenters. The number of aromatic nitrogens is 3. The zero-order valence-corrected chi connectivity index (χ0v) is 22.8. The van der Waals surface area contributed by atoms with E-state index in [4.69, 9.17) is 5.10 Å². The lowest BCUT2D eigenvalue weighted by Crippen LogP contribution is -2.38. The van der Waals surface area contributed by atoms with Crippen LogP contribution in [0.2, 0.25) is 0 Å². The summed E-state index contributed by atoms with van der Waals surface area (Å²) in [5.74, 6) is 1.42. The van der Waals surface area contributed by atoms with Gasteiger partial charge >= 0.3 is 0 Å². The lowest BCUT2D eigenvalue weighted by atomic mass is 10.1. The van der Waals surface area contributed by atoms with Gasteiger partial charge in [-0.15, -0.1) is 0 Å². The molecule has 3 heterocycles. The van der Waals surface area contributed by atoms with Crippen LogP contribution >= 0.6 is 0 Å². The second kappa shape index (κ2) is 12.8. The molecule has 1 aliphatic rings. The zero-order valence-electron chi connectivity index (χ0n) is 22.8. The average Bonchev–Trinajstić information content (AvgIpc) is 3.55. The molecule has 0 radical (unpaired) electrons. The van der Waals surface area contributed by atoms with Crippen molar-refractivity contribution in [3.63, 3.8) is 0 Å². The van der Waals surface area contributed by atoms with Crippen LogP contribution in [0.3, 0.4) is 0 Å². The Hall–Kier alpha value is -4.53. The molecule has 0 amide bonds. The minimum Gasteiger partial charge on any atom is -0.349 e. The van der Waals surface area contributed by atoms with Gasteiger partial charge in [-0.2, -0.15) is 9.49 Å². The second-order valence-corrected chi connectivity index (χ2v) is 9.33. The molecule has 0 spiro atoms. The van der Waals surface area contributed by atoms with Crippen LogP contribution < -0.4 is 10.2 Å². The first-order valence-corrected chi connectivity index (χ1v) is 13.0. The summed E-state index contributed by atoms with van der Waals surface area (Å²) in [6.07, 6.45) is 2.09. The summed E-state index contributed by atoms with van der Waals surface area (Å²) in [7, 11) is 3.85. The molecule has 0 bridgehead atoms. The number of halogens is 1. The van der Waals surface area contributed by atoms with Crippen LogP contribution in [0.25, 0.3) is 11.3 Å². The van der Waals surface area contributed by atoms with Crippen LogP contribution in [-0.4, -0.2) is 59.1 Å². The Morgan fingerprint density at radius 3 is 2.36 bits per heavy atom. The Kier molecular flexibility index (Phi) is 9.04. The van der Waals surface area contributed by atoms with Gasteiger partial charge in [0.2, 0.25) is 11.9 Å². The lowest BCUT2D eigenvalue weighted by Gasteiger charge is -2.23. The van der Waals surface area contributed by atoms with Gasteiger partial charge in [0.15, 0.2) is 12.1 Å². The number of carbonyl (C=O) groups excluding carboxylic acids is 1. The third-order valence-electron chi connectivity index (χ3n) is 5.90. The average molecular weight is 528 g/mol.